The number of benzene rings is 1. The van der Waals surface area contributed by atoms with Gasteiger partial charge in [-0.05, 0) is 55.5 Å². The van der Waals surface area contributed by atoms with Crippen molar-refractivity contribution in [2.24, 2.45) is 13.0 Å². The van der Waals surface area contributed by atoms with E-state index >= 15 is 0 Å². The molecule has 0 saturated heterocycles. The van der Waals surface area contributed by atoms with Crippen LogP contribution in [0.25, 0.3) is 33.5 Å². The molecule has 1 atom stereocenters. The molecular weight excluding hydrogens is 466 g/mol. The Bertz CT molecular complexity index is 1620. The van der Waals surface area contributed by atoms with E-state index in [2.05, 4.69) is 30.4 Å². The fraction of sp³-hybridized carbons (Fsp3) is 0.222. The third-order valence-corrected chi connectivity index (χ3v) is 6.43. The zero-order valence-electron chi connectivity index (χ0n) is 20.5. The number of amides is 1. The molecule has 5 aromatic rings. The summed E-state index contributed by atoms with van der Waals surface area (Å²) in [6.07, 6.45) is 9.08. The summed E-state index contributed by atoms with van der Waals surface area (Å²) in [7, 11) is 1.83. The van der Waals surface area contributed by atoms with Crippen molar-refractivity contribution in [1.29, 1.82) is 0 Å². The first-order valence-electron chi connectivity index (χ1n) is 12.1. The summed E-state index contributed by atoms with van der Waals surface area (Å²) in [4.78, 5) is 36.2. The van der Waals surface area contributed by atoms with Crippen LogP contribution >= 0.6 is 0 Å². The van der Waals surface area contributed by atoms with E-state index in [1.54, 1.807) is 23.3 Å². The molecule has 0 aliphatic heterocycles. The molecule has 0 spiro atoms. The summed E-state index contributed by atoms with van der Waals surface area (Å²) in [5, 5.41) is 8.51. The summed E-state index contributed by atoms with van der Waals surface area (Å²) in [5.74, 6) is 0.479. The molecule has 1 fully saturated rings. The van der Waals surface area contributed by atoms with Gasteiger partial charge in [0.2, 0.25) is 0 Å². The van der Waals surface area contributed by atoms with Crippen LogP contribution in [0.5, 0.6) is 0 Å². The molecule has 4 aromatic heterocycles. The molecule has 6 rings (SSSR count). The Kier molecular flexibility index (Phi) is 5.56. The average molecular weight is 492 g/mol. The van der Waals surface area contributed by atoms with Crippen LogP contribution < -0.4 is 11.1 Å². The van der Waals surface area contributed by atoms with Gasteiger partial charge in [0.05, 0.1) is 17.3 Å². The highest BCUT2D eigenvalue weighted by Crippen LogP contribution is 2.40. The van der Waals surface area contributed by atoms with Crippen LogP contribution in [0, 0.1) is 12.8 Å². The fourth-order valence-corrected chi connectivity index (χ4v) is 4.36. The Labute approximate surface area is 213 Å². The largest absolute Gasteiger partial charge is 0.382 e. The van der Waals surface area contributed by atoms with E-state index in [4.69, 9.17) is 10.7 Å². The van der Waals surface area contributed by atoms with Gasteiger partial charge in [0.15, 0.2) is 17.3 Å². The zero-order valence-corrected chi connectivity index (χ0v) is 20.5. The number of aryl methyl sites for hydroxylation is 2. The fourth-order valence-electron chi connectivity index (χ4n) is 4.36. The Balaban J connectivity index is 1.43. The molecule has 1 amide bonds. The molecule has 1 unspecified atom stereocenters. The normalized spacial score (nSPS) is 14.0. The molecule has 1 saturated carbocycles. The first-order chi connectivity index (χ1) is 18.0. The maximum absolute atomic E-state index is 13.5. The number of nitrogens with two attached hydrogens (primary N) is 1. The third kappa shape index (κ3) is 4.49. The van der Waals surface area contributed by atoms with E-state index < -0.39 is 5.91 Å². The highest BCUT2D eigenvalue weighted by Gasteiger charge is 2.36. The Morgan fingerprint density at radius 2 is 1.89 bits per heavy atom. The van der Waals surface area contributed by atoms with Crippen LogP contribution in [0.1, 0.15) is 40.8 Å². The second-order valence-corrected chi connectivity index (χ2v) is 9.35. The SMILES string of the molecule is Cc1cnc(C(NC(=O)c2nc(-c3ccc4ncccc4c3)c(-c3ccn(C)n3)nc2N)C2CC2)nc1. The minimum atomic E-state index is -0.414. The summed E-state index contributed by atoms with van der Waals surface area (Å²) in [6, 6.07) is 11.2. The lowest BCUT2D eigenvalue weighted by molar-refractivity contribution is 0.0925. The van der Waals surface area contributed by atoms with Crippen molar-refractivity contribution < 1.29 is 4.79 Å². The molecule has 10 heteroatoms. The van der Waals surface area contributed by atoms with Gasteiger partial charge in [0.1, 0.15) is 11.4 Å². The van der Waals surface area contributed by atoms with Crippen molar-refractivity contribution in [3.05, 3.63) is 78.3 Å². The number of anilines is 1. The molecule has 1 aliphatic rings. The maximum Gasteiger partial charge on any atom is 0.274 e. The Morgan fingerprint density at radius 3 is 2.62 bits per heavy atom. The van der Waals surface area contributed by atoms with Crippen molar-refractivity contribution in [1.82, 2.24) is 40.0 Å². The molecule has 37 heavy (non-hydrogen) atoms. The quantitative estimate of drug-likeness (QED) is 0.367. The van der Waals surface area contributed by atoms with E-state index in [1.807, 2.05) is 56.6 Å². The standard InChI is InChI=1S/C27H25N9O/c1-15-13-30-26(31-14-15)22(16-5-6-16)34-27(37)24-25(28)33-23(20-9-11-36(2)35-20)21(32-24)18-7-8-19-17(12-18)4-3-10-29-19/h3-4,7-14,16,22H,5-6H2,1-2H3,(H2,28,33)(H,34,37). The first-order valence-corrected chi connectivity index (χ1v) is 12.1. The van der Waals surface area contributed by atoms with E-state index in [9.17, 15) is 4.79 Å². The highest BCUT2D eigenvalue weighted by atomic mass is 16.2. The Morgan fingerprint density at radius 1 is 1.08 bits per heavy atom. The topological polar surface area (TPSA) is 137 Å². The molecule has 1 aliphatic carbocycles. The summed E-state index contributed by atoms with van der Waals surface area (Å²) in [6.45, 7) is 1.93. The van der Waals surface area contributed by atoms with Crippen LogP contribution in [-0.4, -0.2) is 40.6 Å². The highest BCUT2D eigenvalue weighted by molar-refractivity contribution is 5.98. The van der Waals surface area contributed by atoms with E-state index in [-0.39, 0.29) is 23.5 Å². The van der Waals surface area contributed by atoms with Crippen LogP contribution in [0.15, 0.2) is 61.2 Å². The second-order valence-electron chi connectivity index (χ2n) is 9.35. The number of nitrogens with zero attached hydrogens (tertiary/aromatic N) is 7. The van der Waals surface area contributed by atoms with Gasteiger partial charge in [-0.3, -0.25) is 14.5 Å². The molecular formula is C27H25N9O. The van der Waals surface area contributed by atoms with E-state index in [0.717, 1.165) is 34.9 Å². The predicted octanol–water partition coefficient (Wildman–Crippen LogP) is 3.65. The molecule has 10 nitrogen and oxygen atoms in total. The molecule has 4 heterocycles. The van der Waals surface area contributed by atoms with Gasteiger partial charge in [0.25, 0.3) is 5.91 Å². The van der Waals surface area contributed by atoms with Gasteiger partial charge in [0, 0.05) is 42.8 Å². The van der Waals surface area contributed by atoms with Crippen molar-refractivity contribution in [2.75, 3.05) is 5.73 Å². The van der Waals surface area contributed by atoms with Crippen LogP contribution in [-0.2, 0) is 7.05 Å². The van der Waals surface area contributed by atoms with Gasteiger partial charge in [-0.2, -0.15) is 5.10 Å². The number of pyridine rings is 1. The van der Waals surface area contributed by atoms with Crippen molar-refractivity contribution in [3.63, 3.8) is 0 Å². The number of fused-ring (bicyclic) bond motifs is 1. The smallest absolute Gasteiger partial charge is 0.274 e. The van der Waals surface area contributed by atoms with Crippen molar-refractivity contribution in [3.8, 4) is 22.6 Å². The van der Waals surface area contributed by atoms with Gasteiger partial charge < -0.3 is 11.1 Å². The summed E-state index contributed by atoms with van der Waals surface area (Å²) in [5.41, 5.74) is 10.6. The average Bonchev–Trinajstić information content (AvgIpc) is 3.66. The lowest BCUT2D eigenvalue weighted by atomic mass is 10.0. The summed E-state index contributed by atoms with van der Waals surface area (Å²) >= 11 is 0. The molecule has 0 bridgehead atoms. The maximum atomic E-state index is 13.5. The number of nitrogens with one attached hydrogen (secondary N) is 1. The molecule has 0 radical (unpaired) electrons. The minimum absolute atomic E-state index is 0.0312. The van der Waals surface area contributed by atoms with Crippen molar-refractivity contribution in [2.45, 2.75) is 25.8 Å². The lowest BCUT2D eigenvalue weighted by Gasteiger charge is -2.18. The number of aromatic nitrogens is 7. The van der Waals surface area contributed by atoms with Gasteiger partial charge >= 0.3 is 0 Å². The number of carbonyl (C=O) groups excluding carboxylic acids is 1. The van der Waals surface area contributed by atoms with Crippen LogP contribution in [0.2, 0.25) is 0 Å². The third-order valence-electron chi connectivity index (χ3n) is 6.43. The molecule has 1 aromatic carbocycles. The number of rotatable bonds is 6. The number of carbonyl (C=O) groups is 1. The lowest BCUT2D eigenvalue weighted by Crippen LogP contribution is -2.32. The monoisotopic (exact) mass is 491 g/mol. The predicted molar refractivity (Wildman–Crippen MR) is 139 cm³/mol. The van der Waals surface area contributed by atoms with Gasteiger partial charge in [-0.15, -0.1) is 0 Å². The molecule has 3 N–H and O–H groups in total. The number of nitrogen functional groups attached to an aromatic ring is 1. The zero-order chi connectivity index (χ0) is 25.5. The van der Waals surface area contributed by atoms with E-state index in [1.165, 1.54) is 0 Å². The van der Waals surface area contributed by atoms with Crippen molar-refractivity contribution >= 4 is 22.6 Å². The number of hydrogen-bond donors (Lipinski definition) is 2. The number of hydrogen-bond acceptors (Lipinski definition) is 8. The van der Waals surface area contributed by atoms with Gasteiger partial charge in [-0.25, -0.2) is 19.9 Å². The second kappa shape index (κ2) is 9.05. The van der Waals surface area contributed by atoms with Crippen LogP contribution in [0.3, 0.4) is 0 Å². The minimum Gasteiger partial charge on any atom is -0.382 e. The Hall–Kier alpha value is -4.73. The molecule has 184 valence electrons. The van der Waals surface area contributed by atoms with Gasteiger partial charge in [-0.1, -0.05) is 12.1 Å². The van der Waals surface area contributed by atoms with E-state index in [0.29, 0.717) is 22.9 Å². The first kappa shape index (κ1) is 22.7. The summed E-state index contributed by atoms with van der Waals surface area (Å²) < 4.78 is 1.68. The van der Waals surface area contributed by atoms with Crippen LogP contribution in [0.4, 0.5) is 5.82 Å².